The number of ether oxygens (including phenoxy) is 1. The van der Waals surface area contributed by atoms with E-state index in [1.165, 1.54) is 31.5 Å². The number of nitrogens with zero attached hydrogens (tertiary/aromatic N) is 1. The summed E-state index contributed by atoms with van der Waals surface area (Å²) < 4.78 is 5.46. The fourth-order valence-electron chi connectivity index (χ4n) is 3.17. The van der Waals surface area contributed by atoms with E-state index in [0.29, 0.717) is 12.1 Å². The molecule has 3 heteroatoms. The van der Waals surface area contributed by atoms with Crippen molar-refractivity contribution >= 4 is 0 Å². The van der Waals surface area contributed by atoms with Crippen LogP contribution in [0.15, 0.2) is 24.3 Å². The maximum absolute atomic E-state index is 5.46. The zero-order valence-corrected chi connectivity index (χ0v) is 13.2. The Morgan fingerprint density at radius 2 is 1.85 bits per heavy atom. The molecule has 0 amide bonds. The summed E-state index contributed by atoms with van der Waals surface area (Å²) in [6, 6.07) is 9.15. The van der Waals surface area contributed by atoms with Crippen molar-refractivity contribution in [1.29, 1.82) is 0 Å². The molecule has 1 unspecified atom stereocenters. The summed E-state index contributed by atoms with van der Waals surface area (Å²) in [5.74, 6) is 1.76. The highest BCUT2D eigenvalue weighted by Gasteiger charge is 2.24. The molecule has 112 valence electrons. The smallest absolute Gasteiger partial charge is 0.123 e. The highest BCUT2D eigenvalue weighted by Crippen LogP contribution is 2.27. The maximum Gasteiger partial charge on any atom is 0.123 e. The van der Waals surface area contributed by atoms with Gasteiger partial charge in [0, 0.05) is 17.6 Å². The third kappa shape index (κ3) is 3.74. The molecule has 1 aromatic carbocycles. The zero-order chi connectivity index (χ0) is 14.5. The number of rotatable bonds is 5. The van der Waals surface area contributed by atoms with Gasteiger partial charge in [-0.15, -0.1) is 0 Å². The summed E-state index contributed by atoms with van der Waals surface area (Å²) >= 11 is 0. The molecule has 20 heavy (non-hydrogen) atoms. The third-order valence-electron chi connectivity index (χ3n) is 4.59. The number of likely N-dealkylation sites (tertiary alicyclic amines) is 1. The second-order valence-corrected chi connectivity index (χ2v) is 6.06. The first-order valence-corrected chi connectivity index (χ1v) is 7.69. The molecule has 0 spiro atoms. The molecule has 0 aliphatic carbocycles. The minimum Gasteiger partial charge on any atom is -0.496 e. The molecule has 3 nitrogen and oxygen atoms in total. The van der Waals surface area contributed by atoms with E-state index in [4.69, 9.17) is 4.74 Å². The van der Waals surface area contributed by atoms with Crippen molar-refractivity contribution in [2.24, 2.45) is 5.92 Å². The van der Waals surface area contributed by atoms with E-state index >= 15 is 0 Å². The standard InChI is InChI=1S/C17H28N2O/c1-13(15-9-11-19(3)12-10-15)18-14(2)16-7-5-6-8-17(16)20-4/h5-8,13-15,18H,9-12H2,1-4H3/t13?,14-/m0/s1. The van der Waals surface area contributed by atoms with Crippen LogP contribution in [0.1, 0.15) is 38.3 Å². The summed E-state index contributed by atoms with van der Waals surface area (Å²) in [4.78, 5) is 2.42. The molecule has 1 saturated heterocycles. The molecule has 1 aliphatic rings. The molecule has 1 N–H and O–H groups in total. The van der Waals surface area contributed by atoms with E-state index in [1.807, 2.05) is 12.1 Å². The Morgan fingerprint density at radius 3 is 2.50 bits per heavy atom. The highest BCUT2D eigenvalue weighted by molar-refractivity contribution is 5.35. The van der Waals surface area contributed by atoms with E-state index in [-0.39, 0.29) is 0 Å². The molecule has 2 rings (SSSR count). The van der Waals surface area contributed by atoms with Gasteiger partial charge in [0.1, 0.15) is 5.75 Å². The SMILES string of the molecule is COc1ccccc1[C@H](C)NC(C)C1CCN(C)CC1. The fourth-order valence-corrected chi connectivity index (χ4v) is 3.17. The van der Waals surface area contributed by atoms with Gasteiger partial charge >= 0.3 is 0 Å². The predicted octanol–water partition coefficient (Wildman–Crippen LogP) is 3.08. The van der Waals surface area contributed by atoms with Gasteiger partial charge in [-0.2, -0.15) is 0 Å². The first kappa shape index (κ1) is 15.3. The molecule has 0 radical (unpaired) electrons. The number of benzene rings is 1. The van der Waals surface area contributed by atoms with Gasteiger partial charge in [0.2, 0.25) is 0 Å². The lowest BCUT2D eigenvalue weighted by atomic mass is 9.89. The molecule has 2 atom stereocenters. The minimum absolute atomic E-state index is 0.320. The quantitative estimate of drug-likeness (QED) is 0.894. The first-order valence-electron chi connectivity index (χ1n) is 7.69. The Bertz CT molecular complexity index is 413. The fraction of sp³-hybridized carbons (Fsp3) is 0.647. The molecule has 0 bridgehead atoms. The number of methoxy groups -OCH3 is 1. The second kappa shape index (κ2) is 7.09. The summed E-state index contributed by atoms with van der Waals surface area (Å²) in [6.07, 6.45) is 2.59. The first-order chi connectivity index (χ1) is 9.61. The lowest BCUT2D eigenvalue weighted by Gasteiger charge is -2.34. The highest BCUT2D eigenvalue weighted by atomic mass is 16.5. The summed E-state index contributed by atoms with van der Waals surface area (Å²) in [5.41, 5.74) is 1.25. The van der Waals surface area contributed by atoms with Crippen molar-refractivity contribution in [3.63, 3.8) is 0 Å². The van der Waals surface area contributed by atoms with Crippen LogP contribution >= 0.6 is 0 Å². The zero-order valence-electron chi connectivity index (χ0n) is 13.2. The van der Waals surface area contributed by atoms with E-state index in [1.54, 1.807) is 7.11 Å². The van der Waals surface area contributed by atoms with Gasteiger partial charge in [-0.25, -0.2) is 0 Å². The van der Waals surface area contributed by atoms with Crippen molar-refractivity contribution in [3.05, 3.63) is 29.8 Å². The molecule has 1 heterocycles. The minimum atomic E-state index is 0.320. The van der Waals surface area contributed by atoms with E-state index in [9.17, 15) is 0 Å². The Hall–Kier alpha value is -1.06. The van der Waals surface area contributed by atoms with Crippen LogP contribution in [0.2, 0.25) is 0 Å². The summed E-state index contributed by atoms with van der Waals surface area (Å²) in [7, 11) is 3.96. The van der Waals surface area contributed by atoms with Gasteiger partial charge in [0.05, 0.1) is 7.11 Å². The Balaban J connectivity index is 1.95. The monoisotopic (exact) mass is 276 g/mol. The number of para-hydroxylation sites is 1. The molecular formula is C17H28N2O. The van der Waals surface area contributed by atoms with Crippen molar-refractivity contribution in [3.8, 4) is 5.75 Å². The molecule has 0 saturated carbocycles. The predicted molar refractivity (Wildman–Crippen MR) is 84.2 cm³/mol. The Labute approximate surface area is 123 Å². The van der Waals surface area contributed by atoms with Crippen LogP contribution in [0.3, 0.4) is 0 Å². The lowest BCUT2D eigenvalue weighted by Crippen LogP contribution is -2.41. The van der Waals surface area contributed by atoms with Crippen molar-refractivity contribution in [2.45, 2.75) is 38.8 Å². The number of piperidine rings is 1. The van der Waals surface area contributed by atoms with E-state index < -0.39 is 0 Å². The van der Waals surface area contributed by atoms with Crippen LogP contribution in [0.25, 0.3) is 0 Å². The van der Waals surface area contributed by atoms with Gasteiger partial charge in [-0.05, 0) is 58.8 Å². The van der Waals surface area contributed by atoms with Crippen LogP contribution in [0.4, 0.5) is 0 Å². The maximum atomic E-state index is 5.46. The van der Waals surface area contributed by atoms with Crippen LogP contribution < -0.4 is 10.1 Å². The van der Waals surface area contributed by atoms with Crippen molar-refractivity contribution in [2.75, 3.05) is 27.2 Å². The Kier molecular flexibility index (Phi) is 5.44. The normalized spacial score (nSPS) is 20.6. The van der Waals surface area contributed by atoms with Gasteiger partial charge in [-0.1, -0.05) is 18.2 Å². The molecule has 1 aliphatic heterocycles. The number of nitrogens with one attached hydrogen (secondary N) is 1. The number of hydrogen-bond donors (Lipinski definition) is 1. The van der Waals surface area contributed by atoms with Gasteiger partial charge in [-0.3, -0.25) is 0 Å². The van der Waals surface area contributed by atoms with Crippen LogP contribution in [-0.4, -0.2) is 38.2 Å². The van der Waals surface area contributed by atoms with Crippen LogP contribution in [-0.2, 0) is 0 Å². The third-order valence-corrected chi connectivity index (χ3v) is 4.59. The Morgan fingerprint density at radius 1 is 1.20 bits per heavy atom. The summed E-state index contributed by atoms with van der Waals surface area (Å²) in [5, 5.41) is 3.76. The largest absolute Gasteiger partial charge is 0.496 e. The summed E-state index contributed by atoms with van der Waals surface area (Å²) in [6.45, 7) is 6.99. The second-order valence-electron chi connectivity index (χ2n) is 6.06. The molecule has 1 fully saturated rings. The average molecular weight is 276 g/mol. The molecule has 1 aromatic rings. The molecular weight excluding hydrogens is 248 g/mol. The van der Waals surface area contributed by atoms with Crippen LogP contribution in [0.5, 0.6) is 5.75 Å². The van der Waals surface area contributed by atoms with Crippen molar-refractivity contribution < 1.29 is 4.74 Å². The molecule has 0 aromatic heterocycles. The van der Waals surface area contributed by atoms with E-state index in [2.05, 4.69) is 43.2 Å². The van der Waals surface area contributed by atoms with E-state index in [0.717, 1.165) is 11.7 Å². The average Bonchev–Trinajstić information content (AvgIpc) is 2.47. The topological polar surface area (TPSA) is 24.5 Å². The van der Waals surface area contributed by atoms with Crippen LogP contribution in [0, 0.1) is 5.92 Å². The van der Waals surface area contributed by atoms with Gasteiger partial charge in [0.15, 0.2) is 0 Å². The lowest BCUT2D eigenvalue weighted by molar-refractivity contribution is 0.185. The van der Waals surface area contributed by atoms with Gasteiger partial charge in [0.25, 0.3) is 0 Å². The van der Waals surface area contributed by atoms with Gasteiger partial charge < -0.3 is 15.0 Å². The van der Waals surface area contributed by atoms with Crippen molar-refractivity contribution in [1.82, 2.24) is 10.2 Å². The number of hydrogen-bond acceptors (Lipinski definition) is 3.